The molecule has 0 saturated heterocycles. The Bertz CT molecular complexity index is 945. The Labute approximate surface area is 169 Å². The zero-order valence-corrected chi connectivity index (χ0v) is 17.2. The molecule has 2 aromatic heterocycles. The molecule has 1 aliphatic carbocycles. The topological polar surface area (TPSA) is 75.0 Å². The first-order chi connectivity index (χ1) is 13.7. The largest absolute Gasteiger partial charge is 0.411 e. The standard InChI is InChI=1S/C21H26N4O2S/c1-3-25(15-9-5-4-6-10-15)20(26)14(2)28-21-24-23-19(27-21)17-13-22-18-12-8-7-11-16(17)18/h7-8,11-15,22H,3-6,9-10H2,1-2H3/t14-/m1/s1. The van der Waals surface area contributed by atoms with Gasteiger partial charge in [0.05, 0.1) is 10.8 Å². The molecular formula is C21H26N4O2S. The van der Waals surface area contributed by atoms with Gasteiger partial charge in [0.25, 0.3) is 11.1 Å². The van der Waals surface area contributed by atoms with Gasteiger partial charge < -0.3 is 14.3 Å². The van der Waals surface area contributed by atoms with E-state index >= 15 is 0 Å². The number of carbonyl (C=O) groups is 1. The number of aromatic amines is 1. The third-order valence-corrected chi connectivity index (χ3v) is 6.41. The minimum absolute atomic E-state index is 0.159. The SMILES string of the molecule is CCN(C(=O)[C@@H](C)Sc1nnc(-c2c[nH]c3ccccc23)o1)C1CCCCC1. The summed E-state index contributed by atoms with van der Waals surface area (Å²) in [7, 11) is 0. The molecule has 1 saturated carbocycles. The van der Waals surface area contributed by atoms with Crippen LogP contribution in [0.15, 0.2) is 40.1 Å². The quantitative estimate of drug-likeness (QED) is 0.599. The van der Waals surface area contributed by atoms with Gasteiger partial charge in [-0.25, -0.2) is 0 Å². The first kappa shape index (κ1) is 19.1. The molecule has 148 valence electrons. The predicted octanol–water partition coefficient (Wildman–Crippen LogP) is 4.88. The van der Waals surface area contributed by atoms with Crippen LogP contribution in [0.5, 0.6) is 0 Å². The summed E-state index contributed by atoms with van der Waals surface area (Å²) in [5, 5.41) is 9.58. The van der Waals surface area contributed by atoms with Crippen molar-refractivity contribution < 1.29 is 9.21 Å². The molecular weight excluding hydrogens is 372 g/mol. The van der Waals surface area contributed by atoms with E-state index in [4.69, 9.17) is 4.42 Å². The van der Waals surface area contributed by atoms with Gasteiger partial charge in [0, 0.05) is 29.7 Å². The molecule has 1 N–H and O–H groups in total. The van der Waals surface area contributed by atoms with Crippen molar-refractivity contribution in [2.24, 2.45) is 0 Å². The van der Waals surface area contributed by atoms with E-state index in [1.165, 1.54) is 31.0 Å². The number of aromatic nitrogens is 3. The molecule has 1 fully saturated rings. The molecule has 1 aliphatic rings. The summed E-state index contributed by atoms with van der Waals surface area (Å²) < 4.78 is 5.87. The van der Waals surface area contributed by atoms with Crippen LogP contribution < -0.4 is 0 Å². The number of H-pyrrole nitrogens is 1. The second-order valence-corrected chi connectivity index (χ2v) is 8.59. The summed E-state index contributed by atoms with van der Waals surface area (Å²) in [5.41, 5.74) is 1.91. The monoisotopic (exact) mass is 398 g/mol. The van der Waals surface area contributed by atoms with E-state index in [1.54, 1.807) is 0 Å². The fourth-order valence-electron chi connectivity index (χ4n) is 4.04. The lowest BCUT2D eigenvalue weighted by Crippen LogP contribution is -2.44. The number of amides is 1. The molecule has 28 heavy (non-hydrogen) atoms. The van der Waals surface area contributed by atoms with Gasteiger partial charge in [-0.2, -0.15) is 0 Å². The summed E-state index contributed by atoms with van der Waals surface area (Å²) in [6.45, 7) is 4.73. The van der Waals surface area contributed by atoms with Gasteiger partial charge in [-0.05, 0) is 32.8 Å². The molecule has 0 spiro atoms. The number of fused-ring (bicyclic) bond motifs is 1. The normalized spacial score (nSPS) is 16.4. The maximum Gasteiger partial charge on any atom is 0.277 e. The van der Waals surface area contributed by atoms with Crippen molar-refractivity contribution in [3.05, 3.63) is 30.5 Å². The fraction of sp³-hybridized carbons (Fsp3) is 0.476. The number of nitrogens with one attached hydrogen (secondary N) is 1. The lowest BCUT2D eigenvalue weighted by molar-refractivity contribution is -0.133. The van der Waals surface area contributed by atoms with Gasteiger partial charge in [0.2, 0.25) is 5.91 Å². The first-order valence-electron chi connectivity index (χ1n) is 10.0. The van der Waals surface area contributed by atoms with Crippen molar-refractivity contribution >= 4 is 28.6 Å². The van der Waals surface area contributed by atoms with Crippen LogP contribution in [0.3, 0.4) is 0 Å². The van der Waals surface area contributed by atoms with Gasteiger partial charge in [-0.15, -0.1) is 10.2 Å². The van der Waals surface area contributed by atoms with Crippen molar-refractivity contribution in [2.75, 3.05) is 6.54 Å². The average Bonchev–Trinajstić information content (AvgIpc) is 3.36. The molecule has 1 aromatic carbocycles. The maximum absolute atomic E-state index is 13.0. The Kier molecular flexibility index (Phi) is 5.71. The van der Waals surface area contributed by atoms with Gasteiger partial charge in [0.1, 0.15) is 0 Å². The Balaban J connectivity index is 1.46. The lowest BCUT2D eigenvalue weighted by atomic mass is 9.94. The van der Waals surface area contributed by atoms with Gasteiger partial charge in [0.15, 0.2) is 0 Å². The van der Waals surface area contributed by atoms with Crippen LogP contribution >= 0.6 is 11.8 Å². The second-order valence-electron chi connectivity index (χ2n) is 7.30. The van der Waals surface area contributed by atoms with Crippen molar-refractivity contribution in [3.63, 3.8) is 0 Å². The number of benzene rings is 1. The number of nitrogens with zero attached hydrogens (tertiary/aromatic N) is 3. The maximum atomic E-state index is 13.0. The molecule has 3 aromatic rings. The molecule has 0 unspecified atom stereocenters. The van der Waals surface area contributed by atoms with Crippen molar-refractivity contribution in [2.45, 2.75) is 62.5 Å². The van der Waals surface area contributed by atoms with E-state index in [-0.39, 0.29) is 11.2 Å². The van der Waals surface area contributed by atoms with E-state index in [0.717, 1.165) is 35.9 Å². The van der Waals surface area contributed by atoms with Crippen LogP contribution in [0.1, 0.15) is 46.0 Å². The molecule has 4 rings (SSSR count). The summed E-state index contributed by atoms with van der Waals surface area (Å²) in [6.07, 6.45) is 7.82. The molecule has 0 aliphatic heterocycles. The Hall–Kier alpha value is -2.28. The highest BCUT2D eigenvalue weighted by Gasteiger charge is 2.29. The summed E-state index contributed by atoms with van der Waals surface area (Å²) in [6, 6.07) is 8.37. The first-order valence-corrected chi connectivity index (χ1v) is 10.9. The van der Waals surface area contributed by atoms with Crippen LogP contribution in [-0.2, 0) is 4.79 Å². The highest BCUT2D eigenvalue weighted by atomic mass is 32.2. The van der Waals surface area contributed by atoms with E-state index < -0.39 is 0 Å². The third kappa shape index (κ3) is 3.81. The molecule has 7 heteroatoms. The van der Waals surface area contributed by atoms with E-state index in [2.05, 4.69) is 22.1 Å². The molecule has 2 heterocycles. The highest BCUT2D eigenvalue weighted by Crippen LogP contribution is 2.32. The minimum atomic E-state index is -0.252. The van der Waals surface area contributed by atoms with E-state index in [1.807, 2.05) is 42.3 Å². The number of hydrogen-bond donors (Lipinski definition) is 1. The predicted molar refractivity (Wildman–Crippen MR) is 111 cm³/mol. The molecule has 0 bridgehead atoms. The summed E-state index contributed by atoms with van der Waals surface area (Å²) in [5.74, 6) is 0.630. The lowest BCUT2D eigenvalue weighted by Gasteiger charge is -2.34. The molecule has 0 radical (unpaired) electrons. The van der Waals surface area contributed by atoms with E-state index in [9.17, 15) is 4.79 Å². The molecule has 1 amide bonds. The van der Waals surface area contributed by atoms with Gasteiger partial charge in [-0.1, -0.05) is 49.2 Å². The van der Waals surface area contributed by atoms with Crippen molar-refractivity contribution in [3.8, 4) is 11.5 Å². The average molecular weight is 399 g/mol. The summed E-state index contributed by atoms with van der Waals surface area (Å²) >= 11 is 1.34. The second kappa shape index (κ2) is 8.39. The Morgan fingerprint density at radius 1 is 1.29 bits per heavy atom. The molecule has 6 nitrogen and oxygen atoms in total. The number of thioether (sulfide) groups is 1. The zero-order valence-electron chi connectivity index (χ0n) is 16.4. The van der Waals surface area contributed by atoms with Crippen LogP contribution in [0.25, 0.3) is 22.4 Å². The van der Waals surface area contributed by atoms with Crippen molar-refractivity contribution in [1.29, 1.82) is 0 Å². The smallest absolute Gasteiger partial charge is 0.277 e. The van der Waals surface area contributed by atoms with E-state index in [0.29, 0.717) is 17.2 Å². The van der Waals surface area contributed by atoms with Crippen molar-refractivity contribution in [1.82, 2.24) is 20.1 Å². The zero-order chi connectivity index (χ0) is 19.5. The van der Waals surface area contributed by atoms with Crippen LogP contribution in [0.2, 0.25) is 0 Å². The van der Waals surface area contributed by atoms with Crippen LogP contribution in [-0.4, -0.2) is 43.8 Å². The molecule has 1 atom stereocenters. The Morgan fingerprint density at radius 2 is 2.07 bits per heavy atom. The fourth-order valence-corrected chi connectivity index (χ4v) is 4.79. The Morgan fingerprint density at radius 3 is 2.86 bits per heavy atom. The minimum Gasteiger partial charge on any atom is -0.411 e. The van der Waals surface area contributed by atoms with Crippen LogP contribution in [0.4, 0.5) is 0 Å². The number of rotatable bonds is 6. The van der Waals surface area contributed by atoms with Crippen LogP contribution in [0, 0.1) is 0 Å². The number of para-hydroxylation sites is 1. The number of hydrogen-bond acceptors (Lipinski definition) is 5. The van der Waals surface area contributed by atoms with Gasteiger partial charge >= 0.3 is 0 Å². The van der Waals surface area contributed by atoms with Gasteiger partial charge in [-0.3, -0.25) is 4.79 Å². The highest BCUT2D eigenvalue weighted by molar-refractivity contribution is 8.00. The summed E-state index contributed by atoms with van der Waals surface area (Å²) in [4.78, 5) is 18.3. The number of carbonyl (C=O) groups excluding carboxylic acids is 1. The third-order valence-electron chi connectivity index (χ3n) is 5.49.